The van der Waals surface area contributed by atoms with E-state index in [1.54, 1.807) is 12.1 Å². The van der Waals surface area contributed by atoms with Crippen LogP contribution in [0.4, 0.5) is 11.4 Å². The van der Waals surface area contributed by atoms with Crippen molar-refractivity contribution in [3.05, 3.63) is 58.1 Å². The minimum atomic E-state index is -1.10. The highest BCUT2D eigenvalue weighted by atomic mass is 16.6. The number of nitro benzene ring substituents is 1. The van der Waals surface area contributed by atoms with Crippen molar-refractivity contribution >= 4 is 23.3 Å². The van der Waals surface area contributed by atoms with Crippen molar-refractivity contribution in [1.82, 2.24) is 0 Å². The van der Waals surface area contributed by atoms with Crippen LogP contribution >= 0.6 is 0 Å². The Morgan fingerprint density at radius 3 is 2.54 bits per heavy atom. The van der Waals surface area contributed by atoms with Crippen LogP contribution in [0.25, 0.3) is 0 Å². The zero-order valence-electron chi connectivity index (χ0n) is 15.6. The number of carbonyl (C=O) groups excluding carboxylic acids is 2. The Morgan fingerprint density at radius 1 is 1.18 bits per heavy atom. The zero-order valence-corrected chi connectivity index (χ0v) is 15.6. The first-order valence-corrected chi connectivity index (χ1v) is 8.33. The van der Waals surface area contributed by atoms with Gasteiger partial charge in [-0.1, -0.05) is 18.2 Å². The molecule has 2 aromatic rings. The lowest BCUT2D eigenvalue weighted by Gasteiger charge is -2.15. The van der Waals surface area contributed by atoms with Crippen LogP contribution in [0.15, 0.2) is 42.5 Å². The summed E-state index contributed by atoms with van der Waals surface area (Å²) in [5.41, 5.74) is 0.909. The van der Waals surface area contributed by atoms with Gasteiger partial charge in [-0.25, -0.2) is 4.79 Å². The first kappa shape index (κ1) is 20.7. The van der Waals surface area contributed by atoms with Crippen LogP contribution in [0.5, 0.6) is 11.5 Å². The molecule has 2 rings (SSSR count). The summed E-state index contributed by atoms with van der Waals surface area (Å²) < 4.78 is 15.5. The molecule has 0 aliphatic heterocycles. The van der Waals surface area contributed by atoms with Crippen LogP contribution in [0.3, 0.4) is 0 Å². The summed E-state index contributed by atoms with van der Waals surface area (Å²) in [6.45, 7) is 2.90. The number of benzene rings is 2. The molecule has 0 fully saturated rings. The van der Waals surface area contributed by atoms with Crippen LogP contribution in [0.2, 0.25) is 0 Å². The van der Waals surface area contributed by atoms with Gasteiger partial charge in [-0.15, -0.1) is 0 Å². The van der Waals surface area contributed by atoms with Crippen molar-refractivity contribution in [3.63, 3.8) is 0 Å². The van der Waals surface area contributed by atoms with E-state index in [0.717, 1.165) is 5.56 Å². The maximum absolute atomic E-state index is 12.2. The molecule has 28 heavy (non-hydrogen) atoms. The zero-order chi connectivity index (χ0) is 20.7. The highest BCUT2D eigenvalue weighted by Crippen LogP contribution is 2.29. The van der Waals surface area contributed by atoms with Gasteiger partial charge in [0.25, 0.3) is 11.6 Å². The average molecular weight is 388 g/mol. The van der Waals surface area contributed by atoms with Crippen LogP contribution in [0, 0.1) is 17.0 Å². The standard InChI is InChI=1S/C19H20N2O7/c1-12-6-4-5-7-16(12)27-11-18(22)28-13(2)19(23)20-15-9-8-14(21(24)25)10-17(15)26-3/h4-10,13H,11H2,1-3H3,(H,20,23)/t13-/m1/s1. The quantitative estimate of drug-likeness (QED) is 0.420. The van der Waals surface area contributed by atoms with Gasteiger partial charge in [0.2, 0.25) is 0 Å². The van der Waals surface area contributed by atoms with Gasteiger partial charge in [-0.05, 0) is 31.5 Å². The molecule has 9 heteroatoms. The third-order valence-electron chi connectivity index (χ3n) is 3.77. The molecular formula is C19H20N2O7. The molecule has 1 atom stereocenters. The summed E-state index contributed by atoms with van der Waals surface area (Å²) in [6.07, 6.45) is -1.10. The fourth-order valence-corrected chi connectivity index (χ4v) is 2.27. The number of nitrogens with zero attached hydrogens (tertiary/aromatic N) is 1. The number of non-ortho nitro benzene ring substituents is 1. The van der Waals surface area contributed by atoms with Crippen molar-refractivity contribution in [2.75, 3.05) is 19.0 Å². The SMILES string of the molecule is COc1cc([N+](=O)[O-])ccc1NC(=O)[C@@H](C)OC(=O)COc1ccccc1C. The van der Waals surface area contributed by atoms with Crippen LogP contribution in [-0.2, 0) is 14.3 Å². The lowest BCUT2D eigenvalue weighted by molar-refractivity contribution is -0.384. The second-order valence-electron chi connectivity index (χ2n) is 5.82. The molecule has 0 aliphatic rings. The summed E-state index contributed by atoms with van der Waals surface area (Å²) in [5.74, 6) is -0.658. The molecule has 1 amide bonds. The number of esters is 1. The van der Waals surface area contributed by atoms with E-state index >= 15 is 0 Å². The molecule has 2 aromatic carbocycles. The largest absolute Gasteiger partial charge is 0.494 e. The molecule has 148 valence electrons. The summed E-state index contributed by atoms with van der Waals surface area (Å²) in [5, 5.41) is 13.3. The van der Waals surface area contributed by atoms with E-state index in [1.807, 2.05) is 19.1 Å². The lowest BCUT2D eigenvalue weighted by atomic mass is 10.2. The Kier molecular flexibility index (Phi) is 6.91. The Bertz CT molecular complexity index is 882. The summed E-state index contributed by atoms with van der Waals surface area (Å²) in [7, 11) is 1.32. The fourth-order valence-electron chi connectivity index (χ4n) is 2.27. The maximum Gasteiger partial charge on any atom is 0.344 e. The molecule has 0 aliphatic carbocycles. The average Bonchev–Trinajstić information content (AvgIpc) is 2.67. The number of carbonyl (C=O) groups is 2. The molecule has 0 unspecified atom stereocenters. The van der Waals surface area contributed by atoms with E-state index in [4.69, 9.17) is 14.2 Å². The molecule has 0 aromatic heterocycles. The van der Waals surface area contributed by atoms with Gasteiger partial charge in [0, 0.05) is 6.07 Å². The van der Waals surface area contributed by atoms with E-state index in [2.05, 4.69) is 5.32 Å². The van der Waals surface area contributed by atoms with E-state index in [-0.39, 0.29) is 23.7 Å². The third-order valence-corrected chi connectivity index (χ3v) is 3.77. The number of amides is 1. The molecule has 0 saturated carbocycles. The molecule has 0 heterocycles. The maximum atomic E-state index is 12.2. The number of hydrogen-bond acceptors (Lipinski definition) is 7. The highest BCUT2D eigenvalue weighted by molar-refractivity contribution is 5.96. The second-order valence-corrected chi connectivity index (χ2v) is 5.82. The number of anilines is 1. The van der Waals surface area contributed by atoms with Crippen LogP contribution < -0.4 is 14.8 Å². The Balaban J connectivity index is 1.92. The van der Waals surface area contributed by atoms with Crippen molar-refractivity contribution in [1.29, 1.82) is 0 Å². The van der Waals surface area contributed by atoms with Gasteiger partial charge in [0.15, 0.2) is 12.7 Å². The van der Waals surface area contributed by atoms with Gasteiger partial charge >= 0.3 is 5.97 Å². The van der Waals surface area contributed by atoms with Gasteiger partial charge < -0.3 is 19.5 Å². The van der Waals surface area contributed by atoms with Gasteiger partial charge in [-0.2, -0.15) is 0 Å². The minimum Gasteiger partial charge on any atom is -0.494 e. The first-order chi connectivity index (χ1) is 13.3. The number of ether oxygens (including phenoxy) is 3. The van der Waals surface area contributed by atoms with Crippen molar-refractivity contribution < 1.29 is 28.7 Å². The molecule has 9 nitrogen and oxygen atoms in total. The summed E-state index contributed by atoms with van der Waals surface area (Å²) >= 11 is 0. The van der Waals surface area contributed by atoms with E-state index < -0.39 is 22.9 Å². The smallest absolute Gasteiger partial charge is 0.344 e. The van der Waals surface area contributed by atoms with Crippen LogP contribution in [0.1, 0.15) is 12.5 Å². The molecule has 0 bridgehead atoms. The fraction of sp³-hybridized carbons (Fsp3) is 0.263. The van der Waals surface area contributed by atoms with Crippen molar-refractivity contribution in [2.45, 2.75) is 20.0 Å². The second kappa shape index (κ2) is 9.36. The Morgan fingerprint density at radius 2 is 1.89 bits per heavy atom. The molecule has 0 radical (unpaired) electrons. The van der Waals surface area contributed by atoms with E-state index in [0.29, 0.717) is 5.75 Å². The van der Waals surface area contributed by atoms with E-state index in [1.165, 1.54) is 32.2 Å². The third kappa shape index (κ3) is 5.44. The Hall–Kier alpha value is -3.62. The number of hydrogen-bond donors (Lipinski definition) is 1. The topological polar surface area (TPSA) is 117 Å². The van der Waals surface area contributed by atoms with Gasteiger partial charge in [-0.3, -0.25) is 14.9 Å². The number of nitrogens with one attached hydrogen (secondary N) is 1. The predicted octanol–water partition coefficient (Wildman–Crippen LogP) is 2.86. The number of methoxy groups -OCH3 is 1. The van der Waals surface area contributed by atoms with Crippen molar-refractivity contribution in [2.24, 2.45) is 0 Å². The highest BCUT2D eigenvalue weighted by Gasteiger charge is 2.21. The molecule has 1 N–H and O–H groups in total. The first-order valence-electron chi connectivity index (χ1n) is 8.33. The van der Waals surface area contributed by atoms with Crippen LogP contribution in [-0.4, -0.2) is 36.6 Å². The lowest BCUT2D eigenvalue weighted by Crippen LogP contribution is -2.31. The molecule has 0 saturated heterocycles. The number of aryl methyl sites for hydroxylation is 1. The number of rotatable bonds is 8. The minimum absolute atomic E-state index is 0.115. The summed E-state index contributed by atoms with van der Waals surface area (Å²) in [6, 6.07) is 10.9. The molecular weight excluding hydrogens is 368 g/mol. The summed E-state index contributed by atoms with van der Waals surface area (Å²) in [4.78, 5) is 34.4. The number of para-hydroxylation sites is 1. The predicted molar refractivity (Wildman–Crippen MR) is 101 cm³/mol. The monoisotopic (exact) mass is 388 g/mol. The molecule has 0 spiro atoms. The van der Waals surface area contributed by atoms with Crippen molar-refractivity contribution in [3.8, 4) is 11.5 Å². The normalized spacial score (nSPS) is 11.2. The Labute approximate surface area is 161 Å². The van der Waals surface area contributed by atoms with E-state index in [9.17, 15) is 19.7 Å². The van der Waals surface area contributed by atoms with Gasteiger partial charge in [0.05, 0.1) is 23.8 Å². The van der Waals surface area contributed by atoms with Gasteiger partial charge in [0.1, 0.15) is 11.5 Å². The number of nitro groups is 1.